The average Bonchev–Trinajstić information content (AvgIpc) is 3.60. The Morgan fingerprint density at radius 1 is 0.702 bits per heavy atom. The van der Waals surface area contributed by atoms with E-state index in [1.165, 1.54) is 16.8 Å². The van der Waals surface area contributed by atoms with Crippen LogP contribution in [0, 0.1) is 23.8 Å². The van der Waals surface area contributed by atoms with Crippen LogP contribution in [-0.2, 0) is 20.1 Å². The number of aromatic nitrogens is 3. The molecule has 8 aromatic rings. The summed E-state index contributed by atoms with van der Waals surface area (Å²) in [4.78, 5) is 9.26. The minimum Gasteiger partial charge on any atom is -0.458 e. The molecule has 0 bridgehead atoms. The molecule has 0 saturated carbocycles. The summed E-state index contributed by atoms with van der Waals surface area (Å²) >= 11 is 0. The maximum absolute atomic E-state index is 13.2. The second kappa shape index (κ2) is 15.6. The van der Waals surface area contributed by atoms with Crippen LogP contribution in [-0.4, -0.2) is 21.2 Å². The minimum atomic E-state index is -0.649. The van der Waals surface area contributed by atoms with E-state index in [-0.39, 0.29) is 32.4 Å². The number of rotatable bonds is 5. The van der Waals surface area contributed by atoms with E-state index in [0.29, 0.717) is 17.5 Å². The Morgan fingerprint density at radius 3 is 2.00 bits per heavy atom. The Kier molecular flexibility index (Phi) is 10.4. The zero-order valence-corrected chi connectivity index (χ0v) is 34.1. The fraction of sp³-hybridized carbons (Fsp3) is 0.125. The second-order valence-corrected chi connectivity index (χ2v) is 14.6. The van der Waals surface area contributed by atoms with Gasteiger partial charge >= 0.3 is 0 Å². The number of nitrogens with zero attached hydrogens (tertiary/aromatic N) is 3. The third kappa shape index (κ3) is 6.75. The summed E-state index contributed by atoms with van der Waals surface area (Å²) in [7, 11) is 0. The molecule has 2 aliphatic rings. The van der Waals surface area contributed by atoms with Crippen LogP contribution >= 0.6 is 0 Å². The number of para-hydroxylation sites is 3. The molecule has 283 valence electrons. The van der Waals surface area contributed by atoms with Crippen LogP contribution in [0.4, 0.5) is 8.78 Å². The molecule has 0 aliphatic carbocycles. The van der Waals surface area contributed by atoms with Gasteiger partial charge < -0.3 is 19.0 Å². The molecule has 0 amide bonds. The Morgan fingerprint density at radius 2 is 1.37 bits per heavy atom. The van der Waals surface area contributed by atoms with E-state index in [1.807, 2.05) is 30.3 Å². The van der Waals surface area contributed by atoms with Gasteiger partial charge in [0, 0.05) is 55.2 Å². The van der Waals surface area contributed by atoms with Crippen LogP contribution in [0.1, 0.15) is 50.7 Å². The maximum atomic E-state index is 13.2. The molecule has 0 fully saturated rings. The topological polar surface area (TPSA) is 49.2 Å². The molecule has 0 spiro atoms. The zero-order valence-electron chi connectivity index (χ0n) is 31.7. The van der Waals surface area contributed by atoms with Crippen molar-refractivity contribution < 1.29 is 38.4 Å². The molecule has 0 unspecified atom stereocenters. The van der Waals surface area contributed by atoms with Gasteiger partial charge in [0.05, 0.1) is 11.3 Å². The first-order chi connectivity index (χ1) is 27.3. The molecule has 57 heavy (non-hydrogen) atoms. The van der Waals surface area contributed by atoms with Crippen LogP contribution in [0.15, 0.2) is 134 Å². The maximum Gasteiger partial charge on any atom is 0.260 e. The van der Waals surface area contributed by atoms with E-state index in [9.17, 15) is 8.78 Å². The fourth-order valence-electron chi connectivity index (χ4n) is 7.84. The molecule has 10 rings (SSSR count). The van der Waals surface area contributed by atoms with Crippen LogP contribution in [0.5, 0.6) is 23.0 Å². The predicted molar refractivity (Wildman–Crippen MR) is 220 cm³/mol. The van der Waals surface area contributed by atoms with Crippen LogP contribution < -0.4 is 25.9 Å². The van der Waals surface area contributed by atoms with Crippen molar-refractivity contribution in [3.8, 4) is 51.3 Å². The van der Waals surface area contributed by atoms with Crippen LogP contribution in [0.3, 0.4) is 0 Å². The summed E-state index contributed by atoms with van der Waals surface area (Å²) in [6.45, 7) is 9.03. The Balaban J connectivity index is 0.000000257. The summed E-state index contributed by atoms with van der Waals surface area (Å²) in [6.07, 6.45) is 1.55. The van der Waals surface area contributed by atoms with Gasteiger partial charge in [0.1, 0.15) is 22.8 Å². The van der Waals surface area contributed by atoms with Gasteiger partial charge in [0.15, 0.2) is 5.75 Å². The monoisotopic (exact) mass is 928 g/mol. The van der Waals surface area contributed by atoms with Crippen molar-refractivity contribution in [2.45, 2.75) is 39.5 Å². The van der Waals surface area contributed by atoms with Crippen molar-refractivity contribution >= 4 is 34.1 Å². The standard InChI is InChI=1S/C37H30BN2O2.C11H6F2N.Ir/c1-22(2)25-15-12-16-26(23(3)4)34(25)40-35-29(39-37(40)24-13-6-5-7-14-24)21-32-33-36(35)42-31-20-11-9-18-28(31)38(33)27-17-8-10-19-30(27)41-32;12-8-4-5-9(10(13)7-8)11-3-1-2-6-14-11;/h5-13,15-23H,1-4H3;1-4,6-7H;/q2*-1;. The number of halogens is 2. The third-order valence-electron chi connectivity index (χ3n) is 10.4. The average molecular weight is 928 g/mol. The smallest absolute Gasteiger partial charge is 0.260 e. The minimum absolute atomic E-state index is 0. The number of ether oxygens (including phenoxy) is 2. The number of imidazole rings is 1. The molecule has 9 heteroatoms. The van der Waals surface area contributed by atoms with E-state index in [4.69, 9.17) is 14.5 Å². The molecule has 0 saturated heterocycles. The first-order valence-corrected chi connectivity index (χ1v) is 18.8. The quantitative estimate of drug-likeness (QED) is 0.128. The third-order valence-corrected chi connectivity index (χ3v) is 10.4. The fourth-order valence-corrected chi connectivity index (χ4v) is 7.84. The first kappa shape index (κ1) is 38.0. The van der Waals surface area contributed by atoms with E-state index >= 15 is 0 Å². The summed E-state index contributed by atoms with van der Waals surface area (Å²) in [5.74, 6) is 3.52. The Labute approximate surface area is 344 Å². The van der Waals surface area contributed by atoms with Gasteiger partial charge in [-0.1, -0.05) is 106 Å². The number of benzene rings is 6. The molecule has 1 radical (unpaired) electrons. The molecule has 6 aromatic carbocycles. The van der Waals surface area contributed by atoms with Gasteiger partial charge in [-0.25, -0.2) is 0 Å². The largest absolute Gasteiger partial charge is 0.458 e. The second-order valence-electron chi connectivity index (χ2n) is 14.6. The normalized spacial score (nSPS) is 12.1. The van der Waals surface area contributed by atoms with Gasteiger partial charge in [0.25, 0.3) is 6.71 Å². The SMILES string of the molecule is CC(C)c1cccc(C(C)C)c1-n1c(-c2[c-]cccc2)nc2cc3c4c(c21)Oc1ccccc1B4c1ccccc1O3.Fc1c[c-]c(-c2ccccn2)c(F)c1.[Ir]. The molecular formula is C48H36BF2IrN3O2-2. The van der Waals surface area contributed by atoms with Crippen molar-refractivity contribution in [3.05, 3.63) is 168 Å². The molecule has 2 aliphatic heterocycles. The van der Waals surface area contributed by atoms with E-state index in [1.54, 1.807) is 24.4 Å². The molecule has 5 nitrogen and oxygen atoms in total. The van der Waals surface area contributed by atoms with E-state index < -0.39 is 11.6 Å². The van der Waals surface area contributed by atoms with Crippen molar-refractivity contribution in [2.24, 2.45) is 0 Å². The van der Waals surface area contributed by atoms with E-state index in [2.05, 4.69) is 116 Å². The summed E-state index contributed by atoms with van der Waals surface area (Å²) < 4.78 is 41.6. The Bertz CT molecular complexity index is 2720. The van der Waals surface area contributed by atoms with Crippen molar-refractivity contribution in [1.82, 2.24) is 14.5 Å². The molecule has 4 heterocycles. The van der Waals surface area contributed by atoms with Gasteiger partial charge in [0.2, 0.25) is 0 Å². The predicted octanol–water partition coefficient (Wildman–Crippen LogP) is 10.3. The van der Waals surface area contributed by atoms with Crippen molar-refractivity contribution in [3.63, 3.8) is 0 Å². The zero-order chi connectivity index (χ0) is 38.5. The van der Waals surface area contributed by atoms with Crippen LogP contribution in [0.25, 0.3) is 39.4 Å². The molecular weight excluding hydrogens is 892 g/mol. The van der Waals surface area contributed by atoms with Gasteiger partial charge in [-0.05, 0) is 57.8 Å². The Hall–Kier alpha value is -5.89. The summed E-state index contributed by atoms with van der Waals surface area (Å²) in [5, 5.41) is 0. The van der Waals surface area contributed by atoms with Crippen molar-refractivity contribution in [1.29, 1.82) is 0 Å². The van der Waals surface area contributed by atoms with Crippen molar-refractivity contribution in [2.75, 3.05) is 0 Å². The van der Waals surface area contributed by atoms with Gasteiger partial charge in [-0.2, -0.15) is 0 Å². The molecule has 2 aromatic heterocycles. The van der Waals surface area contributed by atoms with Crippen LogP contribution in [0.2, 0.25) is 0 Å². The number of pyridine rings is 1. The summed E-state index contributed by atoms with van der Waals surface area (Å²) in [5.41, 5.74) is 10.4. The van der Waals surface area contributed by atoms with Gasteiger partial charge in [-0.3, -0.25) is 13.8 Å². The molecule has 0 N–H and O–H groups in total. The number of fused-ring (bicyclic) bond motifs is 6. The summed E-state index contributed by atoms with van der Waals surface area (Å²) in [6, 6.07) is 46.6. The first-order valence-electron chi connectivity index (χ1n) is 18.8. The number of hydrogen-bond donors (Lipinski definition) is 0. The van der Waals surface area contributed by atoms with E-state index in [0.717, 1.165) is 73.9 Å². The van der Waals surface area contributed by atoms with Gasteiger partial charge in [-0.15, -0.1) is 48.0 Å². The molecule has 0 atom stereocenters. The number of hydrogen-bond acceptors (Lipinski definition) is 4.